The van der Waals surface area contributed by atoms with Crippen LogP contribution in [0, 0.1) is 6.92 Å². The van der Waals surface area contributed by atoms with Crippen molar-refractivity contribution >= 4 is 11.5 Å². The van der Waals surface area contributed by atoms with Crippen LogP contribution in [0.1, 0.15) is 16.7 Å². The molecule has 13 heavy (non-hydrogen) atoms. The van der Waals surface area contributed by atoms with E-state index in [1.54, 1.807) is 6.92 Å². The zero-order valence-electron chi connectivity index (χ0n) is 6.80. The minimum atomic E-state index is -4.33. The first-order chi connectivity index (χ1) is 5.95. The van der Waals surface area contributed by atoms with Crippen LogP contribution in [-0.4, -0.2) is 22.1 Å². The van der Waals surface area contributed by atoms with Crippen LogP contribution in [0.3, 0.4) is 0 Å². The number of nitrogens with zero attached hydrogens (tertiary/aromatic N) is 2. The van der Waals surface area contributed by atoms with Gasteiger partial charge in [0, 0.05) is 6.54 Å². The van der Waals surface area contributed by atoms with Crippen LogP contribution in [-0.2, 0) is 0 Å². The van der Waals surface area contributed by atoms with E-state index in [9.17, 15) is 13.2 Å². The smallest absolute Gasteiger partial charge is 0.329 e. The van der Waals surface area contributed by atoms with Crippen LogP contribution in [0.15, 0.2) is 0 Å². The summed E-state index contributed by atoms with van der Waals surface area (Å²) in [6.45, 7) is 1.06. The van der Waals surface area contributed by atoms with Crippen LogP contribution >= 0.6 is 11.5 Å². The minimum absolute atomic E-state index is 0.0625. The molecule has 3 nitrogen and oxygen atoms in total. The Labute approximate surface area is 76.9 Å². The van der Waals surface area contributed by atoms with Crippen molar-refractivity contribution in [2.75, 3.05) is 6.54 Å². The van der Waals surface area contributed by atoms with Crippen molar-refractivity contribution < 1.29 is 13.2 Å². The lowest BCUT2D eigenvalue weighted by atomic mass is 10.1. The molecule has 1 unspecified atom stereocenters. The summed E-state index contributed by atoms with van der Waals surface area (Å²) in [5.74, 6) is -1.33. The predicted octanol–water partition coefficient (Wildman–Crippen LogP) is 1.45. The van der Waals surface area contributed by atoms with E-state index in [0.717, 1.165) is 11.5 Å². The van der Waals surface area contributed by atoms with Gasteiger partial charge in [-0.1, -0.05) is 0 Å². The Kier molecular flexibility index (Phi) is 2.87. The Morgan fingerprint density at radius 1 is 1.54 bits per heavy atom. The SMILES string of the molecule is Cc1nsc(C(CN)C(F)(F)F)n1. The summed E-state index contributed by atoms with van der Waals surface area (Å²) in [5.41, 5.74) is 5.02. The highest BCUT2D eigenvalue weighted by Crippen LogP contribution is 2.34. The number of rotatable bonds is 2. The molecule has 0 amide bonds. The molecule has 1 heterocycles. The third-order valence-corrected chi connectivity index (χ3v) is 2.39. The molecule has 0 bridgehead atoms. The molecule has 0 aromatic carbocycles. The third-order valence-electron chi connectivity index (χ3n) is 1.47. The van der Waals surface area contributed by atoms with E-state index in [1.807, 2.05) is 0 Å². The molecule has 0 radical (unpaired) electrons. The maximum absolute atomic E-state index is 12.3. The van der Waals surface area contributed by atoms with Gasteiger partial charge < -0.3 is 5.73 Å². The van der Waals surface area contributed by atoms with Gasteiger partial charge in [0.1, 0.15) is 16.7 Å². The molecule has 2 N–H and O–H groups in total. The molecule has 0 saturated carbocycles. The van der Waals surface area contributed by atoms with Crippen LogP contribution in [0.2, 0.25) is 0 Å². The van der Waals surface area contributed by atoms with Crippen molar-refractivity contribution in [3.63, 3.8) is 0 Å². The van der Waals surface area contributed by atoms with Gasteiger partial charge >= 0.3 is 6.18 Å². The standard InChI is InChI=1S/C6H8F3N3S/c1-3-11-5(13-12-3)4(2-10)6(7,8)9/h4H,2,10H2,1H3. The van der Waals surface area contributed by atoms with Gasteiger partial charge in [-0.2, -0.15) is 17.5 Å². The summed E-state index contributed by atoms with van der Waals surface area (Å²) in [6.07, 6.45) is -4.33. The molecule has 0 spiro atoms. The maximum Gasteiger partial charge on any atom is 0.399 e. The van der Waals surface area contributed by atoms with Gasteiger partial charge in [0.25, 0.3) is 0 Å². The Morgan fingerprint density at radius 3 is 2.46 bits per heavy atom. The van der Waals surface area contributed by atoms with Crippen molar-refractivity contribution in [2.45, 2.75) is 19.0 Å². The molecular formula is C6H8F3N3S. The lowest BCUT2D eigenvalue weighted by Crippen LogP contribution is -2.27. The van der Waals surface area contributed by atoms with Gasteiger partial charge in [0.05, 0.1) is 0 Å². The second-order valence-electron chi connectivity index (χ2n) is 2.51. The van der Waals surface area contributed by atoms with E-state index in [2.05, 4.69) is 9.36 Å². The van der Waals surface area contributed by atoms with Crippen molar-refractivity contribution in [2.24, 2.45) is 5.73 Å². The van der Waals surface area contributed by atoms with E-state index in [1.165, 1.54) is 0 Å². The average molecular weight is 211 g/mol. The summed E-state index contributed by atoms with van der Waals surface area (Å²) in [4.78, 5) is 3.66. The zero-order valence-corrected chi connectivity index (χ0v) is 7.61. The molecule has 0 saturated heterocycles. The molecule has 0 aliphatic rings. The van der Waals surface area contributed by atoms with Gasteiger partial charge in [0.2, 0.25) is 0 Å². The summed E-state index contributed by atoms with van der Waals surface area (Å²) >= 11 is 0.748. The zero-order chi connectivity index (χ0) is 10.1. The molecule has 1 aromatic rings. The van der Waals surface area contributed by atoms with Crippen molar-refractivity contribution in [3.05, 3.63) is 10.8 Å². The van der Waals surface area contributed by atoms with Gasteiger partial charge in [-0.25, -0.2) is 4.98 Å². The second kappa shape index (κ2) is 3.59. The fraction of sp³-hybridized carbons (Fsp3) is 0.667. The lowest BCUT2D eigenvalue weighted by molar-refractivity contribution is -0.148. The van der Waals surface area contributed by atoms with Crippen molar-refractivity contribution in [3.8, 4) is 0 Å². The molecule has 0 fully saturated rings. The van der Waals surface area contributed by atoms with Gasteiger partial charge in [-0.15, -0.1) is 0 Å². The molecule has 0 aliphatic heterocycles. The van der Waals surface area contributed by atoms with Crippen LogP contribution in [0.5, 0.6) is 0 Å². The lowest BCUT2D eigenvalue weighted by Gasteiger charge is -2.14. The highest BCUT2D eigenvalue weighted by molar-refractivity contribution is 7.05. The monoisotopic (exact) mass is 211 g/mol. The fourth-order valence-corrected chi connectivity index (χ4v) is 1.63. The van der Waals surface area contributed by atoms with E-state index in [-0.39, 0.29) is 5.01 Å². The molecule has 7 heteroatoms. The van der Waals surface area contributed by atoms with Crippen molar-refractivity contribution in [1.82, 2.24) is 9.36 Å². The number of hydrogen-bond acceptors (Lipinski definition) is 4. The number of aryl methyl sites for hydroxylation is 1. The first-order valence-corrected chi connectivity index (χ1v) is 4.29. The minimum Gasteiger partial charge on any atom is -0.329 e. The van der Waals surface area contributed by atoms with Gasteiger partial charge in [-0.3, -0.25) is 0 Å². The maximum atomic E-state index is 12.3. The third kappa shape index (κ3) is 2.38. The van der Waals surface area contributed by atoms with Gasteiger partial charge in [-0.05, 0) is 18.5 Å². The number of halogens is 3. The van der Waals surface area contributed by atoms with E-state index >= 15 is 0 Å². The predicted molar refractivity (Wildman–Crippen MR) is 42.5 cm³/mol. The first-order valence-electron chi connectivity index (χ1n) is 3.52. The number of hydrogen-bond donors (Lipinski definition) is 1. The van der Waals surface area contributed by atoms with E-state index in [0.29, 0.717) is 5.82 Å². The molecule has 1 aromatic heterocycles. The Hall–Kier alpha value is -0.690. The number of aromatic nitrogens is 2. The van der Waals surface area contributed by atoms with E-state index in [4.69, 9.17) is 5.73 Å². The van der Waals surface area contributed by atoms with E-state index < -0.39 is 18.6 Å². The second-order valence-corrected chi connectivity index (χ2v) is 3.29. The molecule has 74 valence electrons. The fourth-order valence-electron chi connectivity index (χ4n) is 0.829. The Balaban J connectivity index is 2.91. The topological polar surface area (TPSA) is 51.8 Å². The molecule has 0 aliphatic carbocycles. The van der Waals surface area contributed by atoms with Crippen LogP contribution < -0.4 is 5.73 Å². The Morgan fingerprint density at radius 2 is 2.15 bits per heavy atom. The quantitative estimate of drug-likeness (QED) is 0.805. The highest BCUT2D eigenvalue weighted by Gasteiger charge is 2.41. The number of nitrogens with two attached hydrogens (primary N) is 1. The molecule has 1 rings (SSSR count). The highest BCUT2D eigenvalue weighted by atomic mass is 32.1. The average Bonchev–Trinajstić information content (AvgIpc) is 2.34. The molecule has 1 atom stereocenters. The first kappa shape index (κ1) is 10.4. The van der Waals surface area contributed by atoms with Crippen LogP contribution in [0.4, 0.5) is 13.2 Å². The van der Waals surface area contributed by atoms with Crippen LogP contribution in [0.25, 0.3) is 0 Å². The summed E-state index contributed by atoms with van der Waals surface area (Å²) < 4.78 is 40.5. The summed E-state index contributed by atoms with van der Waals surface area (Å²) in [6, 6.07) is 0. The molecular weight excluding hydrogens is 203 g/mol. The van der Waals surface area contributed by atoms with Crippen molar-refractivity contribution in [1.29, 1.82) is 0 Å². The normalized spacial score (nSPS) is 14.5. The summed E-state index contributed by atoms with van der Waals surface area (Å²) in [7, 11) is 0. The van der Waals surface area contributed by atoms with Gasteiger partial charge in [0.15, 0.2) is 0 Å². The Bertz CT molecular complexity index is 283. The largest absolute Gasteiger partial charge is 0.399 e. The number of alkyl halides is 3. The summed E-state index contributed by atoms with van der Waals surface area (Å²) in [5, 5.41) is -0.0625.